The van der Waals surface area contributed by atoms with Gasteiger partial charge in [-0.2, -0.15) is 0 Å². The molecule has 4 heteroatoms. The van der Waals surface area contributed by atoms with Crippen molar-refractivity contribution in [3.05, 3.63) is 58.7 Å². The highest BCUT2D eigenvalue weighted by Crippen LogP contribution is 2.33. The summed E-state index contributed by atoms with van der Waals surface area (Å²) in [6, 6.07) is 8.92. The van der Waals surface area contributed by atoms with Crippen LogP contribution in [0.5, 0.6) is 0 Å². The van der Waals surface area contributed by atoms with Crippen molar-refractivity contribution in [1.82, 2.24) is 15.0 Å². The van der Waals surface area contributed by atoms with E-state index in [-0.39, 0.29) is 0 Å². The van der Waals surface area contributed by atoms with Crippen molar-refractivity contribution in [2.24, 2.45) is 0 Å². The number of aromatic amines is 1. The largest absolute Gasteiger partial charge is 0.443 e. The van der Waals surface area contributed by atoms with E-state index in [1.807, 2.05) is 0 Å². The normalized spacial score (nSPS) is 13.4. The Morgan fingerprint density at radius 2 is 1.37 bits per heavy atom. The second-order valence-corrected chi connectivity index (χ2v) is 9.55. The number of benzene rings is 2. The summed E-state index contributed by atoms with van der Waals surface area (Å²) in [6.07, 6.45) is 2.39. The van der Waals surface area contributed by atoms with E-state index in [1.165, 1.54) is 28.6 Å². The van der Waals surface area contributed by atoms with Gasteiger partial charge in [-0.15, -0.1) is 0 Å². The Hall–Kier alpha value is -2.62. The maximum atomic E-state index is 5.58. The average molecular weight is 404 g/mol. The Morgan fingerprint density at radius 1 is 0.767 bits per heavy atom. The molecule has 0 aliphatic carbocycles. The molecule has 4 rings (SSSR count). The van der Waals surface area contributed by atoms with E-state index in [4.69, 9.17) is 9.40 Å². The molecule has 0 spiro atoms. The minimum Gasteiger partial charge on any atom is -0.443 e. The van der Waals surface area contributed by atoms with Gasteiger partial charge < -0.3 is 9.40 Å². The monoisotopic (exact) mass is 403 g/mol. The third-order valence-electron chi connectivity index (χ3n) is 6.17. The lowest BCUT2D eigenvalue weighted by Gasteiger charge is -2.18. The van der Waals surface area contributed by atoms with E-state index in [9.17, 15) is 0 Å². The maximum Gasteiger partial charge on any atom is 0.181 e. The van der Waals surface area contributed by atoms with Crippen molar-refractivity contribution in [3.63, 3.8) is 0 Å². The van der Waals surface area contributed by atoms with E-state index in [0.29, 0.717) is 23.7 Å². The van der Waals surface area contributed by atoms with Crippen molar-refractivity contribution < 1.29 is 4.42 Å². The quantitative estimate of drug-likeness (QED) is 0.364. The highest BCUT2D eigenvalue weighted by atomic mass is 16.3. The number of aromatic nitrogens is 3. The van der Waals surface area contributed by atoms with E-state index in [2.05, 4.69) is 82.7 Å². The summed E-state index contributed by atoms with van der Waals surface area (Å²) < 4.78 is 5.58. The molecule has 0 aliphatic heterocycles. The molecule has 1 atom stereocenters. The first-order valence-corrected chi connectivity index (χ1v) is 11.1. The molecule has 0 bridgehead atoms. The standard InChI is InChI=1S/C26H33N3O/c1-14(2)18-9-22-23(10-19(18)15(3)4)29-26(28-22)8-17(7)21-12-25-24(27-13-30-25)11-20(21)16(5)6/h9-17H,8H2,1-7H3,(H,28,29). The van der Waals surface area contributed by atoms with Gasteiger partial charge in [-0.3, -0.25) is 0 Å². The molecular weight excluding hydrogens is 370 g/mol. The number of H-pyrrole nitrogens is 1. The lowest BCUT2D eigenvalue weighted by atomic mass is 9.87. The zero-order chi connectivity index (χ0) is 21.6. The van der Waals surface area contributed by atoms with Crippen LogP contribution in [0.1, 0.15) is 100 Å². The molecule has 158 valence electrons. The van der Waals surface area contributed by atoms with Gasteiger partial charge in [-0.25, -0.2) is 9.97 Å². The molecule has 0 fully saturated rings. The Labute approximate surface area is 179 Å². The SMILES string of the molecule is CC(C)c1cc2nc(CC(C)c3cc4ocnc4cc3C(C)C)[nH]c2cc1C(C)C. The first-order valence-electron chi connectivity index (χ1n) is 11.1. The van der Waals surface area contributed by atoms with Crippen LogP contribution in [0.15, 0.2) is 35.1 Å². The number of fused-ring (bicyclic) bond motifs is 2. The van der Waals surface area contributed by atoms with Gasteiger partial charge in [-0.1, -0.05) is 48.5 Å². The smallest absolute Gasteiger partial charge is 0.181 e. The summed E-state index contributed by atoms with van der Waals surface area (Å²) in [5, 5.41) is 0. The van der Waals surface area contributed by atoms with E-state index in [1.54, 1.807) is 0 Å². The molecule has 0 aliphatic rings. The average Bonchev–Trinajstić information content (AvgIpc) is 3.30. The predicted octanol–water partition coefficient (Wildman–Crippen LogP) is 7.42. The van der Waals surface area contributed by atoms with Crippen LogP contribution in [0.25, 0.3) is 22.1 Å². The number of hydrogen-bond acceptors (Lipinski definition) is 3. The molecule has 1 unspecified atom stereocenters. The van der Waals surface area contributed by atoms with Crippen LogP contribution >= 0.6 is 0 Å². The van der Waals surface area contributed by atoms with Crippen molar-refractivity contribution >= 4 is 22.1 Å². The van der Waals surface area contributed by atoms with Gasteiger partial charge >= 0.3 is 0 Å². The van der Waals surface area contributed by atoms with E-state index < -0.39 is 0 Å². The molecule has 0 amide bonds. The van der Waals surface area contributed by atoms with Gasteiger partial charge in [0.25, 0.3) is 0 Å². The molecule has 2 aromatic heterocycles. The number of rotatable bonds is 6. The second-order valence-electron chi connectivity index (χ2n) is 9.55. The highest BCUT2D eigenvalue weighted by molar-refractivity contribution is 5.78. The Balaban J connectivity index is 1.70. The lowest BCUT2D eigenvalue weighted by Crippen LogP contribution is -2.05. The third-order valence-corrected chi connectivity index (χ3v) is 6.17. The van der Waals surface area contributed by atoms with Crippen LogP contribution in [0.4, 0.5) is 0 Å². The zero-order valence-corrected chi connectivity index (χ0v) is 19.2. The molecule has 0 saturated carbocycles. The lowest BCUT2D eigenvalue weighted by molar-refractivity contribution is 0.600. The fraction of sp³-hybridized carbons (Fsp3) is 0.462. The van der Waals surface area contributed by atoms with Gasteiger partial charge in [0, 0.05) is 6.42 Å². The van der Waals surface area contributed by atoms with E-state index in [0.717, 1.165) is 34.4 Å². The van der Waals surface area contributed by atoms with Gasteiger partial charge in [0.15, 0.2) is 12.0 Å². The Bertz CT molecular complexity index is 1130. The van der Waals surface area contributed by atoms with Gasteiger partial charge in [-0.05, 0) is 70.2 Å². The van der Waals surface area contributed by atoms with Crippen LogP contribution in [-0.2, 0) is 6.42 Å². The molecule has 0 radical (unpaired) electrons. The van der Waals surface area contributed by atoms with Gasteiger partial charge in [0.2, 0.25) is 0 Å². The third kappa shape index (κ3) is 3.76. The molecule has 30 heavy (non-hydrogen) atoms. The molecule has 4 nitrogen and oxygen atoms in total. The minimum atomic E-state index is 0.326. The van der Waals surface area contributed by atoms with Crippen molar-refractivity contribution in [2.75, 3.05) is 0 Å². The highest BCUT2D eigenvalue weighted by Gasteiger charge is 2.19. The van der Waals surface area contributed by atoms with Crippen LogP contribution in [-0.4, -0.2) is 15.0 Å². The molecule has 2 aromatic carbocycles. The number of nitrogens with zero attached hydrogens (tertiary/aromatic N) is 2. The zero-order valence-electron chi connectivity index (χ0n) is 19.2. The van der Waals surface area contributed by atoms with Crippen LogP contribution in [0, 0.1) is 0 Å². The summed E-state index contributed by atoms with van der Waals surface area (Å²) in [5.41, 5.74) is 9.47. The van der Waals surface area contributed by atoms with E-state index >= 15 is 0 Å². The van der Waals surface area contributed by atoms with Gasteiger partial charge in [0.1, 0.15) is 11.3 Å². The Kier molecular flexibility index (Phi) is 5.44. The maximum absolute atomic E-state index is 5.58. The fourth-order valence-corrected chi connectivity index (χ4v) is 4.50. The number of imidazole rings is 1. The first-order chi connectivity index (χ1) is 14.2. The summed E-state index contributed by atoms with van der Waals surface area (Å²) in [7, 11) is 0. The van der Waals surface area contributed by atoms with Crippen LogP contribution < -0.4 is 0 Å². The van der Waals surface area contributed by atoms with Crippen LogP contribution in [0.2, 0.25) is 0 Å². The topological polar surface area (TPSA) is 54.7 Å². The number of oxazole rings is 1. The van der Waals surface area contributed by atoms with Crippen molar-refractivity contribution in [3.8, 4) is 0 Å². The Morgan fingerprint density at radius 3 is 2.03 bits per heavy atom. The van der Waals surface area contributed by atoms with Gasteiger partial charge in [0.05, 0.1) is 11.0 Å². The second kappa shape index (κ2) is 7.90. The van der Waals surface area contributed by atoms with Crippen LogP contribution in [0.3, 0.4) is 0 Å². The first kappa shape index (κ1) is 20.6. The summed E-state index contributed by atoms with van der Waals surface area (Å²) in [6.45, 7) is 15.8. The summed E-state index contributed by atoms with van der Waals surface area (Å²) >= 11 is 0. The van der Waals surface area contributed by atoms with Crippen molar-refractivity contribution in [2.45, 2.75) is 78.6 Å². The van der Waals surface area contributed by atoms with Crippen molar-refractivity contribution in [1.29, 1.82) is 0 Å². The molecular formula is C26H33N3O. The minimum absolute atomic E-state index is 0.326. The summed E-state index contributed by atoms with van der Waals surface area (Å²) in [4.78, 5) is 12.9. The molecule has 4 aromatic rings. The number of hydrogen-bond donors (Lipinski definition) is 1. The summed E-state index contributed by atoms with van der Waals surface area (Å²) in [5.74, 6) is 2.79. The number of nitrogens with one attached hydrogen (secondary N) is 1. The molecule has 2 heterocycles. The fourth-order valence-electron chi connectivity index (χ4n) is 4.50. The predicted molar refractivity (Wildman–Crippen MR) is 124 cm³/mol. The molecule has 1 N–H and O–H groups in total. The molecule has 0 saturated heterocycles.